The monoisotopic (exact) mass is 193 g/mol. The number of oxime groups is 1. The molecule has 1 rings (SSSR count). The molecule has 0 atom stereocenters. The maximum absolute atomic E-state index is 12.6. The zero-order valence-corrected chi connectivity index (χ0v) is 6.68. The summed E-state index contributed by atoms with van der Waals surface area (Å²) in [6.45, 7) is 0. The van der Waals surface area contributed by atoms with Crippen molar-refractivity contribution in [1.82, 2.24) is 0 Å². The highest BCUT2D eigenvalue weighted by Gasteiger charge is 2.04. The highest BCUT2D eigenvalue weighted by Crippen LogP contribution is 2.08. The van der Waals surface area contributed by atoms with Crippen molar-refractivity contribution in [1.29, 1.82) is 0 Å². The minimum atomic E-state index is -0.747. The van der Waals surface area contributed by atoms with E-state index in [-0.39, 0.29) is 18.0 Å². The first-order chi connectivity index (χ1) is 5.25. The molecule has 0 fully saturated rings. The third-order valence-corrected chi connectivity index (χ3v) is 1.19. The lowest BCUT2D eigenvalue weighted by molar-refractivity contribution is 0.321. The molecule has 66 valence electrons. The summed E-state index contributed by atoms with van der Waals surface area (Å²) >= 11 is 0. The standard InChI is InChI=1S/C7H5F2NO.ClH/c8-6-2-1-3-7(9)5(6)4-10-11;/h1-4,11H;1H. The number of halogens is 3. The first-order valence-electron chi connectivity index (χ1n) is 2.87. The van der Waals surface area contributed by atoms with Crippen molar-refractivity contribution in [3.8, 4) is 0 Å². The van der Waals surface area contributed by atoms with Gasteiger partial charge in [-0.25, -0.2) is 8.78 Å². The lowest BCUT2D eigenvalue weighted by atomic mass is 10.2. The molecule has 0 aliphatic heterocycles. The Morgan fingerprint density at radius 1 is 1.25 bits per heavy atom. The largest absolute Gasteiger partial charge is 0.411 e. The van der Waals surface area contributed by atoms with Crippen LogP contribution in [0.3, 0.4) is 0 Å². The quantitative estimate of drug-likeness (QED) is 0.414. The summed E-state index contributed by atoms with van der Waals surface area (Å²) in [5.41, 5.74) is -0.338. The second-order valence-electron chi connectivity index (χ2n) is 1.88. The number of nitrogens with zero attached hydrogens (tertiary/aromatic N) is 1. The Labute approximate surface area is 73.9 Å². The average molecular weight is 194 g/mol. The highest BCUT2D eigenvalue weighted by molar-refractivity contribution is 5.85. The Hall–Kier alpha value is -1.16. The van der Waals surface area contributed by atoms with Gasteiger partial charge in [0.25, 0.3) is 0 Å². The minimum absolute atomic E-state index is 0. The van der Waals surface area contributed by atoms with E-state index < -0.39 is 11.6 Å². The first-order valence-corrected chi connectivity index (χ1v) is 2.87. The molecular weight excluding hydrogens is 188 g/mol. The third kappa shape index (κ3) is 2.17. The van der Waals surface area contributed by atoms with Gasteiger partial charge in [-0.3, -0.25) is 0 Å². The molecule has 1 aromatic rings. The van der Waals surface area contributed by atoms with E-state index in [2.05, 4.69) is 5.16 Å². The van der Waals surface area contributed by atoms with Gasteiger partial charge in [-0.15, -0.1) is 12.4 Å². The van der Waals surface area contributed by atoms with Crippen LogP contribution in [0.5, 0.6) is 0 Å². The Kier molecular flexibility index (Phi) is 4.21. The van der Waals surface area contributed by atoms with Gasteiger partial charge in [-0.2, -0.15) is 0 Å². The fraction of sp³-hybridized carbons (Fsp3) is 0. The number of hydrogen-bond donors (Lipinski definition) is 1. The molecule has 1 N–H and O–H groups in total. The van der Waals surface area contributed by atoms with E-state index in [1.807, 2.05) is 0 Å². The van der Waals surface area contributed by atoms with Crippen molar-refractivity contribution < 1.29 is 14.0 Å². The van der Waals surface area contributed by atoms with Gasteiger partial charge in [0.15, 0.2) is 0 Å². The van der Waals surface area contributed by atoms with E-state index in [0.717, 1.165) is 12.1 Å². The lowest BCUT2D eigenvalue weighted by Crippen LogP contribution is -1.92. The summed E-state index contributed by atoms with van der Waals surface area (Å²) in [6.07, 6.45) is 0.713. The molecule has 0 radical (unpaired) electrons. The van der Waals surface area contributed by atoms with E-state index in [4.69, 9.17) is 5.21 Å². The Morgan fingerprint density at radius 3 is 2.17 bits per heavy atom. The maximum Gasteiger partial charge on any atom is 0.135 e. The van der Waals surface area contributed by atoms with Crippen LogP contribution < -0.4 is 0 Å². The van der Waals surface area contributed by atoms with Gasteiger partial charge in [-0.05, 0) is 12.1 Å². The zero-order valence-electron chi connectivity index (χ0n) is 5.87. The van der Waals surface area contributed by atoms with Gasteiger partial charge in [-0.1, -0.05) is 11.2 Å². The Balaban J connectivity index is 0.00000121. The van der Waals surface area contributed by atoms with Crippen LogP contribution in [0.25, 0.3) is 0 Å². The predicted molar refractivity (Wildman–Crippen MR) is 43.0 cm³/mol. The van der Waals surface area contributed by atoms with Crippen molar-refractivity contribution in [3.05, 3.63) is 35.4 Å². The molecule has 0 amide bonds. The van der Waals surface area contributed by atoms with Crippen molar-refractivity contribution in [2.45, 2.75) is 0 Å². The van der Waals surface area contributed by atoms with E-state index in [1.165, 1.54) is 6.07 Å². The molecule has 0 aliphatic rings. The molecule has 0 unspecified atom stereocenters. The van der Waals surface area contributed by atoms with Crippen LogP contribution in [0.2, 0.25) is 0 Å². The minimum Gasteiger partial charge on any atom is -0.411 e. The van der Waals surface area contributed by atoms with Crippen molar-refractivity contribution in [2.24, 2.45) is 5.16 Å². The van der Waals surface area contributed by atoms with Crippen LogP contribution >= 0.6 is 12.4 Å². The van der Waals surface area contributed by atoms with Gasteiger partial charge in [0.1, 0.15) is 11.6 Å². The fourth-order valence-electron chi connectivity index (χ4n) is 0.692. The molecule has 0 heterocycles. The van der Waals surface area contributed by atoms with Gasteiger partial charge >= 0.3 is 0 Å². The summed E-state index contributed by atoms with van der Waals surface area (Å²) in [7, 11) is 0. The van der Waals surface area contributed by atoms with E-state index in [0.29, 0.717) is 6.21 Å². The van der Waals surface area contributed by atoms with Crippen LogP contribution in [-0.4, -0.2) is 11.4 Å². The van der Waals surface area contributed by atoms with Crippen molar-refractivity contribution in [2.75, 3.05) is 0 Å². The van der Waals surface area contributed by atoms with Crippen LogP contribution in [0.1, 0.15) is 5.56 Å². The topological polar surface area (TPSA) is 32.6 Å². The fourth-order valence-corrected chi connectivity index (χ4v) is 0.692. The Morgan fingerprint density at radius 2 is 1.75 bits per heavy atom. The number of hydrogen-bond acceptors (Lipinski definition) is 2. The smallest absolute Gasteiger partial charge is 0.135 e. The third-order valence-electron chi connectivity index (χ3n) is 1.19. The average Bonchev–Trinajstić information content (AvgIpc) is 1.97. The first kappa shape index (κ1) is 10.8. The molecule has 2 nitrogen and oxygen atoms in total. The molecule has 0 aromatic heterocycles. The molecule has 0 aliphatic carbocycles. The van der Waals surface area contributed by atoms with Gasteiger partial charge < -0.3 is 5.21 Å². The molecule has 1 aromatic carbocycles. The van der Waals surface area contributed by atoms with Gasteiger partial charge in [0.2, 0.25) is 0 Å². The van der Waals surface area contributed by atoms with Crippen LogP contribution in [0, 0.1) is 11.6 Å². The van der Waals surface area contributed by atoms with Crippen LogP contribution in [-0.2, 0) is 0 Å². The van der Waals surface area contributed by atoms with Gasteiger partial charge in [0.05, 0.1) is 11.8 Å². The summed E-state index contributed by atoms with van der Waals surface area (Å²) in [4.78, 5) is 0. The summed E-state index contributed by atoms with van der Waals surface area (Å²) in [6, 6.07) is 3.40. The van der Waals surface area contributed by atoms with Gasteiger partial charge in [0, 0.05) is 0 Å². The van der Waals surface area contributed by atoms with E-state index >= 15 is 0 Å². The normalized spacial score (nSPS) is 9.83. The van der Waals surface area contributed by atoms with E-state index in [9.17, 15) is 8.78 Å². The summed E-state index contributed by atoms with van der Waals surface area (Å²) < 4.78 is 25.2. The number of benzene rings is 1. The summed E-state index contributed by atoms with van der Waals surface area (Å²) in [5, 5.41) is 10.5. The Bertz CT molecular complexity index is 270. The zero-order chi connectivity index (χ0) is 8.27. The SMILES string of the molecule is Cl.ON=Cc1c(F)cccc1F. The van der Waals surface area contributed by atoms with Crippen molar-refractivity contribution >= 4 is 18.6 Å². The molecule has 5 heteroatoms. The lowest BCUT2D eigenvalue weighted by Gasteiger charge is -1.95. The molecule has 0 saturated heterocycles. The highest BCUT2D eigenvalue weighted by atomic mass is 35.5. The second-order valence-corrected chi connectivity index (χ2v) is 1.88. The molecular formula is C7H6ClF2NO. The van der Waals surface area contributed by atoms with Crippen LogP contribution in [0.15, 0.2) is 23.4 Å². The van der Waals surface area contributed by atoms with E-state index in [1.54, 1.807) is 0 Å². The summed E-state index contributed by atoms with van der Waals surface area (Å²) in [5.74, 6) is -1.49. The molecule has 0 bridgehead atoms. The van der Waals surface area contributed by atoms with Crippen molar-refractivity contribution in [3.63, 3.8) is 0 Å². The van der Waals surface area contributed by atoms with Crippen LogP contribution in [0.4, 0.5) is 8.78 Å². The second kappa shape index (κ2) is 4.66. The molecule has 12 heavy (non-hydrogen) atoms. The number of rotatable bonds is 1. The maximum atomic E-state index is 12.6. The molecule has 0 spiro atoms. The predicted octanol–water partition coefficient (Wildman–Crippen LogP) is 2.19. The molecule has 0 saturated carbocycles.